The second-order valence-corrected chi connectivity index (χ2v) is 9.49. The molecule has 0 aliphatic rings. The molecule has 2 unspecified atom stereocenters. The molecule has 0 aromatic heterocycles. The van der Waals surface area contributed by atoms with E-state index in [0.29, 0.717) is 25.4 Å². The number of nitrogens with zero attached hydrogens (tertiary/aromatic N) is 1. The van der Waals surface area contributed by atoms with Crippen molar-refractivity contribution in [3.63, 3.8) is 0 Å². The van der Waals surface area contributed by atoms with E-state index in [1.807, 2.05) is 75.4 Å². The maximum Gasteiger partial charge on any atom is 0.241 e. The predicted molar refractivity (Wildman–Crippen MR) is 126 cm³/mol. The maximum absolute atomic E-state index is 12.9. The first-order valence-corrected chi connectivity index (χ1v) is 11.0. The van der Waals surface area contributed by atoms with Crippen LogP contribution in [-0.2, 0) is 22.6 Å². The van der Waals surface area contributed by atoms with Gasteiger partial charge in [0.15, 0.2) is 0 Å². The SMILES string of the molecule is CC(C)CC(N)C(=O)N(C)C(Cc1ccc(OCc2ccccc2)cc1)OC(C)(C)C. The molecule has 0 bridgehead atoms. The largest absolute Gasteiger partial charge is 0.489 e. The summed E-state index contributed by atoms with van der Waals surface area (Å²) in [5.41, 5.74) is 7.96. The number of nitrogens with two attached hydrogens (primary N) is 1. The molecule has 1 amide bonds. The van der Waals surface area contributed by atoms with Crippen molar-refractivity contribution in [2.24, 2.45) is 11.7 Å². The number of carbonyl (C=O) groups is 1. The van der Waals surface area contributed by atoms with Gasteiger partial charge in [-0.2, -0.15) is 0 Å². The summed E-state index contributed by atoms with van der Waals surface area (Å²) in [6.07, 6.45) is 0.827. The molecule has 0 heterocycles. The highest BCUT2D eigenvalue weighted by Crippen LogP contribution is 2.21. The minimum Gasteiger partial charge on any atom is -0.489 e. The van der Waals surface area contributed by atoms with Gasteiger partial charge in [0.25, 0.3) is 0 Å². The van der Waals surface area contributed by atoms with Gasteiger partial charge < -0.3 is 20.1 Å². The van der Waals surface area contributed by atoms with Gasteiger partial charge in [0.2, 0.25) is 5.91 Å². The molecular weight excluding hydrogens is 388 g/mol. The summed E-state index contributed by atoms with van der Waals surface area (Å²) in [4.78, 5) is 14.5. The quantitative estimate of drug-likeness (QED) is 0.555. The lowest BCUT2D eigenvalue weighted by Crippen LogP contribution is -2.50. The second kappa shape index (κ2) is 11.3. The van der Waals surface area contributed by atoms with Crippen LogP contribution in [0.2, 0.25) is 0 Å². The summed E-state index contributed by atoms with van der Waals surface area (Å²) < 4.78 is 12.1. The molecule has 31 heavy (non-hydrogen) atoms. The molecule has 0 aliphatic carbocycles. The highest BCUT2D eigenvalue weighted by molar-refractivity contribution is 5.81. The van der Waals surface area contributed by atoms with E-state index in [0.717, 1.165) is 16.9 Å². The number of amides is 1. The van der Waals surface area contributed by atoms with Crippen molar-refractivity contribution in [2.75, 3.05) is 7.05 Å². The van der Waals surface area contributed by atoms with Gasteiger partial charge in [0, 0.05) is 13.5 Å². The molecule has 0 spiro atoms. The lowest BCUT2D eigenvalue weighted by Gasteiger charge is -2.35. The van der Waals surface area contributed by atoms with Crippen molar-refractivity contribution in [1.29, 1.82) is 0 Å². The smallest absolute Gasteiger partial charge is 0.241 e. The Bertz CT molecular complexity index is 798. The first-order chi connectivity index (χ1) is 14.5. The fourth-order valence-electron chi connectivity index (χ4n) is 3.34. The number of rotatable bonds is 10. The lowest BCUT2D eigenvalue weighted by atomic mass is 10.0. The van der Waals surface area contributed by atoms with E-state index in [2.05, 4.69) is 13.8 Å². The molecular formula is C26H38N2O3. The molecule has 2 atom stereocenters. The first kappa shape index (κ1) is 24.9. The molecule has 0 fully saturated rings. The number of benzene rings is 2. The third-order valence-electron chi connectivity index (χ3n) is 4.89. The predicted octanol–water partition coefficient (Wildman–Crippen LogP) is 4.78. The van der Waals surface area contributed by atoms with Crippen LogP contribution in [0.3, 0.4) is 0 Å². The summed E-state index contributed by atoms with van der Waals surface area (Å²) in [6, 6.07) is 17.5. The molecule has 2 aromatic rings. The number of ether oxygens (including phenoxy) is 2. The third kappa shape index (κ3) is 8.72. The Morgan fingerprint density at radius 3 is 2.16 bits per heavy atom. The Labute approximate surface area is 187 Å². The fraction of sp³-hybridized carbons (Fsp3) is 0.500. The van der Waals surface area contributed by atoms with Crippen molar-refractivity contribution in [3.8, 4) is 5.75 Å². The van der Waals surface area contributed by atoms with Crippen molar-refractivity contribution >= 4 is 5.91 Å². The summed E-state index contributed by atoms with van der Waals surface area (Å²) >= 11 is 0. The Morgan fingerprint density at radius 2 is 1.61 bits per heavy atom. The monoisotopic (exact) mass is 426 g/mol. The summed E-state index contributed by atoms with van der Waals surface area (Å²) in [7, 11) is 1.77. The first-order valence-electron chi connectivity index (χ1n) is 11.0. The lowest BCUT2D eigenvalue weighted by molar-refractivity contribution is -0.159. The molecule has 2 N–H and O–H groups in total. The van der Waals surface area contributed by atoms with Crippen LogP contribution in [0.1, 0.15) is 52.2 Å². The van der Waals surface area contributed by atoms with Crippen LogP contribution >= 0.6 is 0 Å². The number of likely N-dealkylation sites (N-methyl/N-ethyl adjacent to an activating group) is 1. The van der Waals surface area contributed by atoms with Crippen molar-refractivity contribution in [1.82, 2.24) is 4.90 Å². The molecule has 0 aliphatic heterocycles. The molecule has 2 rings (SSSR count). The molecule has 0 radical (unpaired) electrons. The van der Waals surface area contributed by atoms with Crippen LogP contribution in [0.4, 0.5) is 0 Å². The molecule has 170 valence electrons. The Balaban J connectivity index is 2.05. The highest BCUT2D eigenvalue weighted by atomic mass is 16.5. The number of hydrogen-bond acceptors (Lipinski definition) is 4. The van der Waals surface area contributed by atoms with Crippen LogP contribution in [-0.4, -0.2) is 35.7 Å². The average Bonchev–Trinajstić information content (AvgIpc) is 2.71. The molecule has 5 nitrogen and oxygen atoms in total. The van der Waals surface area contributed by atoms with Crippen molar-refractivity contribution < 1.29 is 14.3 Å². The van der Waals surface area contributed by atoms with Gasteiger partial charge >= 0.3 is 0 Å². The van der Waals surface area contributed by atoms with Crippen LogP contribution < -0.4 is 10.5 Å². The van der Waals surface area contributed by atoms with Crippen LogP contribution in [0.15, 0.2) is 54.6 Å². The van der Waals surface area contributed by atoms with E-state index >= 15 is 0 Å². The topological polar surface area (TPSA) is 64.8 Å². The van der Waals surface area contributed by atoms with Gasteiger partial charge in [-0.3, -0.25) is 4.79 Å². The van der Waals surface area contributed by atoms with Crippen LogP contribution in [0.5, 0.6) is 5.75 Å². The van der Waals surface area contributed by atoms with Crippen LogP contribution in [0.25, 0.3) is 0 Å². The molecule has 5 heteroatoms. The molecule has 0 saturated carbocycles. The van der Waals surface area contributed by atoms with Crippen LogP contribution in [0, 0.1) is 5.92 Å². The maximum atomic E-state index is 12.9. The van der Waals surface area contributed by atoms with E-state index in [9.17, 15) is 4.79 Å². The summed E-state index contributed by atoms with van der Waals surface area (Å²) in [5, 5.41) is 0. The van der Waals surface area contributed by atoms with Crippen molar-refractivity contribution in [3.05, 3.63) is 65.7 Å². The Hall–Kier alpha value is -2.37. The van der Waals surface area contributed by atoms with Gasteiger partial charge in [-0.15, -0.1) is 0 Å². The van der Waals surface area contributed by atoms with E-state index in [4.69, 9.17) is 15.2 Å². The van der Waals surface area contributed by atoms with E-state index < -0.39 is 12.3 Å². The second-order valence-electron chi connectivity index (χ2n) is 9.49. The fourth-order valence-corrected chi connectivity index (χ4v) is 3.34. The number of hydrogen-bond donors (Lipinski definition) is 1. The zero-order chi connectivity index (χ0) is 23.0. The molecule has 0 saturated heterocycles. The van der Waals surface area contributed by atoms with Crippen molar-refractivity contribution in [2.45, 2.75) is 71.9 Å². The zero-order valence-electron chi connectivity index (χ0n) is 19.8. The summed E-state index contributed by atoms with van der Waals surface area (Å²) in [5.74, 6) is 1.08. The highest BCUT2D eigenvalue weighted by Gasteiger charge is 2.29. The third-order valence-corrected chi connectivity index (χ3v) is 4.89. The van der Waals surface area contributed by atoms with Gasteiger partial charge in [0.1, 0.15) is 18.6 Å². The molecule has 2 aromatic carbocycles. The van der Waals surface area contributed by atoms with Gasteiger partial charge in [-0.1, -0.05) is 56.3 Å². The van der Waals surface area contributed by atoms with E-state index in [1.54, 1.807) is 11.9 Å². The van der Waals surface area contributed by atoms with Gasteiger partial charge in [-0.25, -0.2) is 0 Å². The minimum absolute atomic E-state index is 0.0919. The standard InChI is InChI=1S/C26H38N2O3/c1-19(2)16-23(27)25(29)28(6)24(31-26(3,4)5)17-20-12-14-22(15-13-20)30-18-21-10-8-7-9-11-21/h7-15,19,23-24H,16-18,27H2,1-6H3. The zero-order valence-corrected chi connectivity index (χ0v) is 19.8. The Kier molecular flexibility index (Phi) is 9.08. The average molecular weight is 427 g/mol. The normalized spacial score (nSPS) is 13.7. The van der Waals surface area contributed by atoms with Gasteiger partial charge in [0.05, 0.1) is 11.6 Å². The van der Waals surface area contributed by atoms with E-state index in [1.165, 1.54) is 0 Å². The Morgan fingerprint density at radius 1 is 1.00 bits per heavy atom. The van der Waals surface area contributed by atoms with E-state index in [-0.39, 0.29) is 11.5 Å². The minimum atomic E-state index is -0.523. The van der Waals surface area contributed by atoms with Gasteiger partial charge in [-0.05, 0) is 56.4 Å². The summed E-state index contributed by atoms with van der Waals surface area (Å²) in [6.45, 7) is 10.6. The number of carbonyl (C=O) groups excluding carboxylic acids is 1.